The molecule has 11 nitrogen and oxygen atoms in total. The number of nitrogens with one attached hydrogen (secondary N) is 2. The van der Waals surface area contributed by atoms with Crippen LogP contribution in [-0.2, 0) is 9.53 Å². The van der Waals surface area contributed by atoms with Gasteiger partial charge in [0, 0.05) is 43.8 Å². The average molecular weight is 572 g/mol. The van der Waals surface area contributed by atoms with E-state index < -0.39 is 0 Å². The smallest absolute Gasteiger partial charge is 0.293 e. The number of hydrogen-bond acceptors (Lipinski definition) is 9. The number of carbonyl (C=O) groups excluding carboxylic acids is 1. The molecule has 0 aliphatic carbocycles. The number of nitrogens with zero attached hydrogens (tertiary/aromatic N) is 5. The van der Waals surface area contributed by atoms with Gasteiger partial charge in [0.1, 0.15) is 10.6 Å². The van der Waals surface area contributed by atoms with Crippen LogP contribution in [0.4, 0.5) is 17.5 Å². The second-order valence-electron chi connectivity index (χ2n) is 10.1. The minimum atomic E-state index is -0.319. The van der Waals surface area contributed by atoms with Crippen molar-refractivity contribution in [1.82, 2.24) is 24.8 Å². The van der Waals surface area contributed by atoms with Gasteiger partial charge < -0.3 is 34.5 Å². The van der Waals surface area contributed by atoms with Crippen LogP contribution in [0.15, 0.2) is 35.3 Å². The van der Waals surface area contributed by atoms with E-state index >= 15 is 0 Å². The van der Waals surface area contributed by atoms with E-state index in [-0.39, 0.29) is 35.5 Å². The van der Waals surface area contributed by atoms with Gasteiger partial charge in [-0.1, -0.05) is 25.4 Å². The summed E-state index contributed by atoms with van der Waals surface area (Å²) in [6.45, 7) is 11.4. The summed E-state index contributed by atoms with van der Waals surface area (Å²) in [5.74, 6) is 0.863. The van der Waals surface area contributed by atoms with Gasteiger partial charge in [0.15, 0.2) is 18.2 Å². The molecule has 1 aromatic carbocycles. The predicted molar refractivity (Wildman–Crippen MR) is 158 cm³/mol. The van der Waals surface area contributed by atoms with Crippen LogP contribution in [0.1, 0.15) is 33.7 Å². The number of aromatic nitrogens is 3. The maximum absolute atomic E-state index is 13.1. The van der Waals surface area contributed by atoms with Crippen molar-refractivity contribution in [3.63, 3.8) is 0 Å². The fourth-order valence-corrected chi connectivity index (χ4v) is 5.25. The molecule has 2 aromatic heterocycles. The molecule has 12 heteroatoms. The van der Waals surface area contributed by atoms with Crippen LogP contribution in [0.3, 0.4) is 0 Å². The number of benzene rings is 1. The van der Waals surface area contributed by atoms with Crippen molar-refractivity contribution < 1.29 is 14.3 Å². The zero-order chi connectivity index (χ0) is 29.0. The Kier molecular flexibility index (Phi) is 9.17. The molecule has 216 valence electrons. The lowest BCUT2D eigenvalue weighted by atomic mass is 9.93. The number of pyridine rings is 1. The zero-order valence-corrected chi connectivity index (χ0v) is 24.7. The zero-order valence-electron chi connectivity index (χ0n) is 24.0. The molecule has 2 aliphatic heterocycles. The molecule has 2 aliphatic rings. The SMILES string of the molecule is CC.CNC(=O)COc1cc2cc(Nc3nc(N4CCOC5(CN(C)C5)C4)ncc3Cl)ccc2n(C(C)C)c1=O. The second kappa shape index (κ2) is 12.4. The van der Waals surface area contributed by atoms with Gasteiger partial charge in [-0.2, -0.15) is 4.98 Å². The Morgan fingerprint density at radius 1 is 1.23 bits per heavy atom. The van der Waals surface area contributed by atoms with Gasteiger partial charge in [-0.15, -0.1) is 0 Å². The molecule has 1 amide bonds. The number of amides is 1. The van der Waals surface area contributed by atoms with Gasteiger partial charge in [-0.25, -0.2) is 4.98 Å². The third kappa shape index (κ3) is 6.16. The number of carbonyl (C=O) groups is 1. The standard InChI is InChI=1S/C26H32ClN7O4.C2H6/c1-16(2)34-20-6-5-18(9-17(20)10-21(24(34)36)37-12-22(35)28-3)30-23-19(27)11-29-25(31-23)33-7-8-38-26(15-33)13-32(4)14-26;1-2/h5-6,9-11,16H,7-8,12-15H2,1-4H3,(H,28,35)(H,29,30,31);1-2H3. The summed E-state index contributed by atoms with van der Waals surface area (Å²) in [7, 11) is 3.60. The molecule has 3 aromatic rings. The van der Waals surface area contributed by atoms with E-state index in [1.165, 1.54) is 7.05 Å². The summed E-state index contributed by atoms with van der Waals surface area (Å²) in [6.07, 6.45) is 1.60. The largest absolute Gasteiger partial charge is 0.478 e. The summed E-state index contributed by atoms with van der Waals surface area (Å²) in [6, 6.07) is 7.18. The maximum Gasteiger partial charge on any atom is 0.293 e. The van der Waals surface area contributed by atoms with Crippen molar-refractivity contribution in [2.75, 3.05) is 63.7 Å². The van der Waals surface area contributed by atoms with E-state index in [9.17, 15) is 9.59 Å². The van der Waals surface area contributed by atoms with E-state index in [1.807, 2.05) is 45.9 Å². The van der Waals surface area contributed by atoms with Gasteiger partial charge in [0.2, 0.25) is 5.95 Å². The number of likely N-dealkylation sites (tertiary alicyclic amines) is 1. The summed E-state index contributed by atoms with van der Waals surface area (Å²) < 4.78 is 13.3. The Hall–Kier alpha value is -3.41. The number of fused-ring (bicyclic) bond motifs is 1. The molecule has 0 bridgehead atoms. The van der Waals surface area contributed by atoms with E-state index in [2.05, 4.69) is 32.5 Å². The van der Waals surface area contributed by atoms with Gasteiger partial charge in [0.05, 0.1) is 24.9 Å². The van der Waals surface area contributed by atoms with E-state index in [0.717, 1.165) is 36.2 Å². The highest BCUT2D eigenvalue weighted by Crippen LogP contribution is 2.32. The lowest BCUT2D eigenvalue weighted by Gasteiger charge is -2.52. The van der Waals surface area contributed by atoms with Gasteiger partial charge in [0.25, 0.3) is 11.5 Å². The molecule has 2 saturated heterocycles. The van der Waals surface area contributed by atoms with E-state index in [1.54, 1.807) is 16.8 Å². The Bertz CT molecular complexity index is 1420. The minimum Gasteiger partial charge on any atom is -0.478 e. The predicted octanol–water partition coefficient (Wildman–Crippen LogP) is 3.44. The van der Waals surface area contributed by atoms with Crippen LogP contribution in [0.5, 0.6) is 5.75 Å². The number of morpholine rings is 1. The van der Waals surface area contributed by atoms with Gasteiger partial charge >= 0.3 is 0 Å². The summed E-state index contributed by atoms with van der Waals surface area (Å²) >= 11 is 6.47. The normalized spacial score (nSPS) is 16.4. The molecular weight excluding hydrogens is 534 g/mol. The topological polar surface area (TPSA) is 114 Å². The van der Waals surface area contributed by atoms with Crippen LogP contribution in [0, 0.1) is 0 Å². The lowest BCUT2D eigenvalue weighted by molar-refractivity contribution is -0.141. The Morgan fingerprint density at radius 2 is 1.98 bits per heavy atom. The average Bonchev–Trinajstić information content (AvgIpc) is 2.93. The highest BCUT2D eigenvalue weighted by Gasteiger charge is 2.46. The monoisotopic (exact) mass is 571 g/mol. The van der Waals surface area contributed by atoms with Gasteiger partial charge in [-0.3, -0.25) is 9.59 Å². The van der Waals surface area contributed by atoms with E-state index in [0.29, 0.717) is 29.9 Å². The Labute approximate surface area is 239 Å². The minimum absolute atomic E-state index is 0.109. The highest BCUT2D eigenvalue weighted by molar-refractivity contribution is 6.32. The molecule has 2 N–H and O–H groups in total. The fourth-order valence-electron chi connectivity index (χ4n) is 5.11. The molecule has 1 spiro atoms. The first-order valence-corrected chi connectivity index (χ1v) is 14.0. The second-order valence-corrected chi connectivity index (χ2v) is 10.5. The third-order valence-corrected chi connectivity index (χ3v) is 7.08. The molecule has 2 fully saturated rings. The summed E-state index contributed by atoms with van der Waals surface area (Å²) in [4.78, 5) is 38.3. The number of ether oxygens (including phenoxy) is 2. The first-order chi connectivity index (χ1) is 19.2. The van der Waals surface area contributed by atoms with Crippen molar-refractivity contribution in [2.24, 2.45) is 0 Å². The quantitative estimate of drug-likeness (QED) is 0.440. The lowest BCUT2D eigenvalue weighted by Crippen LogP contribution is -2.69. The molecule has 0 unspecified atom stereocenters. The molecule has 5 rings (SSSR count). The van der Waals surface area contributed by atoms with Crippen molar-refractivity contribution in [1.29, 1.82) is 0 Å². The Balaban J connectivity index is 0.00000181. The molecule has 40 heavy (non-hydrogen) atoms. The third-order valence-electron chi connectivity index (χ3n) is 6.80. The van der Waals surface area contributed by atoms with Crippen molar-refractivity contribution in [3.8, 4) is 5.75 Å². The first kappa shape index (κ1) is 29.6. The molecule has 0 radical (unpaired) electrons. The van der Waals surface area contributed by atoms with Crippen molar-refractivity contribution in [2.45, 2.75) is 39.3 Å². The Morgan fingerprint density at radius 3 is 2.65 bits per heavy atom. The summed E-state index contributed by atoms with van der Waals surface area (Å²) in [5.41, 5.74) is 1.02. The van der Waals surface area contributed by atoms with E-state index in [4.69, 9.17) is 26.1 Å². The van der Waals surface area contributed by atoms with Crippen LogP contribution >= 0.6 is 11.6 Å². The molecular formula is C28H38ClN7O4. The molecule has 0 atom stereocenters. The number of likely N-dealkylation sites (N-methyl/N-ethyl adjacent to an activating group) is 2. The van der Waals surface area contributed by atoms with Crippen molar-refractivity contribution in [3.05, 3.63) is 45.8 Å². The van der Waals surface area contributed by atoms with Crippen LogP contribution < -0.4 is 25.8 Å². The fraction of sp³-hybridized carbons (Fsp3) is 0.500. The maximum atomic E-state index is 13.1. The number of hydrogen-bond donors (Lipinski definition) is 2. The van der Waals surface area contributed by atoms with Crippen LogP contribution in [0.25, 0.3) is 10.9 Å². The van der Waals surface area contributed by atoms with Crippen molar-refractivity contribution >= 4 is 45.9 Å². The molecule has 0 saturated carbocycles. The van der Waals surface area contributed by atoms with Gasteiger partial charge in [-0.05, 0) is 45.2 Å². The van der Waals surface area contributed by atoms with Crippen LogP contribution in [-0.4, -0.2) is 84.4 Å². The van der Waals surface area contributed by atoms with Crippen LogP contribution in [0.2, 0.25) is 5.02 Å². The summed E-state index contributed by atoms with van der Waals surface area (Å²) in [5, 5.41) is 6.95. The molecule has 4 heterocycles. The number of rotatable bonds is 7. The highest BCUT2D eigenvalue weighted by atomic mass is 35.5. The number of anilines is 3. The number of halogens is 1. The first-order valence-electron chi connectivity index (χ1n) is 13.6.